The lowest BCUT2D eigenvalue weighted by Crippen LogP contribution is -2.42. The summed E-state index contributed by atoms with van der Waals surface area (Å²) in [7, 11) is 0. The van der Waals surface area contributed by atoms with E-state index in [9.17, 15) is 4.79 Å². The van der Waals surface area contributed by atoms with Crippen molar-refractivity contribution >= 4 is 17.2 Å². The molecule has 2 saturated heterocycles. The second-order valence-electron chi connectivity index (χ2n) is 7.01. The van der Waals surface area contributed by atoms with Gasteiger partial charge >= 0.3 is 0 Å². The Morgan fingerprint density at radius 3 is 2.58 bits per heavy atom. The number of aryl methyl sites for hydroxylation is 1. The van der Waals surface area contributed by atoms with Crippen molar-refractivity contribution in [1.29, 1.82) is 0 Å². The summed E-state index contributed by atoms with van der Waals surface area (Å²) in [5.74, 6) is 0.575. The van der Waals surface area contributed by atoms with Gasteiger partial charge in [-0.3, -0.25) is 4.79 Å². The van der Waals surface area contributed by atoms with Crippen LogP contribution < -0.4 is 0 Å². The molecule has 3 heterocycles. The zero-order chi connectivity index (χ0) is 17.9. The number of benzene rings is 1. The van der Waals surface area contributed by atoms with Gasteiger partial charge in [0, 0.05) is 30.0 Å². The van der Waals surface area contributed by atoms with Gasteiger partial charge in [-0.2, -0.15) is 0 Å². The summed E-state index contributed by atoms with van der Waals surface area (Å²) < 4.78 is 11.2. The molecule has 0 spiro atoms. The van der Waals surface area contributed by atoms with Gasteiger partial charge in [0.2, 0.25) is 5.91 Å². The number of carbonyl (C=O) groups is 1. The number of amides is 1. The number of hydrogen-bond donors (Lipinski definition) is 0. The Morgan fingerprint density at radius 2 is 1.88 bits per heavy atom. The standard InChI is InChI=1S/C20H24N2O3S/c1-14-2-4-15(5-3-14)19-21-17(13-26-19)12-18(23)22-8-6-16(7-9-22)20-24-10-11-25-20/h2-5,13,16,20H,6-12H2,1H3. The molecule has 2 aliphatic rings. The van der Waals surface area contributed by atoms with E-state index in [-0.39, 0.29) is 12.2 Å². The zero-order valence-electron chi connectivity index (χ0n) is 15.0. The van der Waals surface area contributed by atoms with Crippen LogP contribution in [0.1, 0.15) is 24.1 Å². The number of likely N-dealkylation sites (tertiary alicyclic amines) is 1. The SMILES string of the molecule is Cc1ccc(-c2nc(CC(=O)N3CCC(C4OCCO4)CC3)cs2)cc1. The predicted molar refractivity (Wildman–Crippen MR) is 101 cm³/mol. The van der Waals surface area contributed by atoms with Gasteiger partial charge < -0.3 is 14.4 Å². The third kappa shape index (κ3) is 3.98. The van der Waals surface area contributed by atoms with Crippen LogP contribution in [-0.4, -0.2) is 48.4 Å². The van der Waals surface area contributed by atoms with Gasteiger partial charge in [-0.25, -0.2) is 4.98 Å². The summed E-state index contributed by atoms with van der Waals surface area (Å²) in [6.07, 6.45) is 2.20. The molecule has 0 atom stereocenters. The zero-order valence-corrected chi connectivity index (χ0v) is 15.8. The molecule has 0 saturated carbocycles. The smallest absolute Gasteiger partial charge is 0.228 e. The molecule has 4 rings (SSSR count). The molecule has 2 fully saturated rings. The highest BCUT2D eigenvalue weighted by Gasteiger charge is 2.31. The molecule has 0 N–H and O–H groups in total. The second kappa shape index (κ2) is 7.86. The van der Waals surface area contributed by atoms with E-state index in [1.165, 1.54) is 5.56 Å². The van der Waals surface area contributed by atoms with Gasteiger partial charge in [-0.1, -0.05) is 29.8 Å². The summed E-state index contributed by atoms with van der Waals surface area (Å²) in [5, 5.41) is 2.97. The first kappa shape index (κ1) is 17.6. The Balaban J connectivity index is 1.32. The van der Waals surface area contributed by atoms with Crippen LogP contribution in [0.15, 0.2) is 29.6 Å². The number of ether oxygens (including phenoxy) is 2. The molecular weight excluding hydrogens is 348 g/mol. The quantitative estimate of drug-likeness (QED) is 0.827. The minimum Gasteiger partial charge on any atom is -0.350 e. The Hall–Kier alpha value is -1.76. The van der Waals surface area contributed by atoms with Crippen LogP contribution in [0.25, 0.3) is 10.6 Å². The van der Waals surface area contributed by atoms with Crippen LogP contribution >= 0.6 is 11.3 Å². The number of thiazole rings is 1. The molecular formula is C20H24N2O3S. The molecule has 1 amide bonds. The van der Waals surface area contributed by atoms with Crippen molar-refractivity contribution in [1.82, 2.24) is 9.88 Å². The molecule has 0 radical (unpaired) electrons. The fourth-order valence-corrected chi connectivity index (χ4v) is 4.38. The van der Waals surface area contributed by atoms with Crippen molar-refractivity contribution in [3.63, 3.8) is 0 Å². The van der Waals surface area contributed by atoms with E-state index < -0.39 is 0 Å². The van der Waals surface area contributed by atoms with Crippen molar-refractivity contribution in [3.8, 4) is 10.6 Å². The number of piperidine rings is 1. The maximum atomic E-state index is 12.6. The number of aromatic nitrogens is 1. The molecule has 2 aromatic rings. The Morgan fingerprint density at radius 1 is 1.19 bits per heavy atom. The maximum absolute atomic E-state index is 12.6. The van der Waals surface area contributed by atoms with Gasteiger partial charge in [0.15, 0.2) is 6.29 Å². The summed E-state index contributed by atoms with van der Waals surface area (Å²) >= 11 is 1.60. The highest BCUT2D eigenvalue weighted by atomic mass is 32.1. The molecule has 1 aromatic heterocycles. The largest absolute Gasteiger partial charge is 0.350 e. The topological polar surface area (TPSA) is 51.7 Å². The molecule has 26 heavy (non-hydrogen) atoms. The van der Waals surface area contributed by atoms with Crippen molar-refractivity contribution in [3.05, 3.63) is 40.9 Å². The van der Waals surface area contributed by atoms with Crippen LogP contribution in [0.3, 0.4) is 0 Å². The fraction of sp³-hybridized carbons (Fsp3) is 0.500. The van der Waals surface area contributed by atoms with Crippen LogP contribution in [-0.2, 0) is 20.7 Å². The lowest BCUT2D eigenvalue weighted by molar-refractivity contribution is -0.136. The predicted octanol–water partition coefficient (Wildman–Crippen LogP) is 3.27. The van der Waals surface area contributed by atoms with Crippen LogP contribution in [0.2, 0.25) is 0 Å². The Kier molecular flexibility index (Phi) is 5.33. The molecule has 138 valence electrons. The molecule has 1 aromatic carbocycles. The second-order valence-corrected chi connectivity index (χ2v) is 7.87. The van der Waals surface area contributed by atoms with Gasteiger partial charge in [-0.05, 0) is 19.8 Å². The molecule has 0 unspecified atom stereocenters. The van der Waals surface area contributed by atoms with E-state index in [0.717, 1.165) is 42.2 Å². The van der Waals surface area contributed by atoms with Crippen molar-refractivity contribution in [2.45, 2.75) is 32.5 Å². The van der Waals surface area contributed by atoms with E-state index in [0.29, 0.717) is 25.6 Å². The number of nitrogens with zero attached hydrogens (tertiary/aromatic N) is 2. The van der Waals surface area contributed by atoms with Gasteiger partial charge in [0.25, 0.3) is 0 Å². The number of rotatable bonds is 4. The van der Waals surface area contributed by atoms with Crippen molar-refractivity contribution < 1.29 is 14.3 Å². The summed E-state index contributed by atoms with van der Waals surface area (Å²) in [4.78, 5) is 19.2. The van der Waals surface area contributed by atoms with E-state index in [4.69, 9.17) is 9.47 Å². The fourth-order valence-electron chi connectivity index (χ4n) is 3.55. The molecule has 0 aliphatic carbocycles. The summed E-state index contributed by atoms with van der Waals surface area (Å²) in [6, 6.07) is 8.34. The average Bonchev–Trinajstić information content (AvgIpc) is 3.35. The first-order valence-corrected chi connectivity index (χ1v) is 10.1. The van der Waals surface area contributed by atoms with Crippen LogP contribution in [0.4, 0.5) is 0 Å². The first-order valence-electron chi connectivity index (χ1n) is 9.21. The van der Waals surface area contributed by atoms with Gasteiger partial charge in [0.05, 0.1) is 25.3 Å². The van der Waals surface area contributed by atoms with Crippen molar-refractivity contribution in [2.75, 3.05) is 26.3 Å². The summed E-state index contributed by atoms with van der Waals surface area (Å²) in [6.45, 7) is 5.02. The lowest BCUT2D eigenvalue weighted by Gasteiger charge is -2.33. The molecule has 0 bridgehead atoms. The summed E-state index contributed by atoms with van der Waals surface area (Å²) in [5.41, 5.74) is 3.20. The third-order valence-corrected chi connectivity index (χ3v) is 6.05. The number of hydrogen-bond acceptors (Lipinski definition) is 5. The first-order chi connectivity index (χ1) is 12.7. The monoisotopic (exact) mass is 372 g/mol. The Bertz CT molecular complexity index is 745. The van der Waals surface area contributed by atoms with Crippen LogP contribution in [0.5, 0.6) is 0 Å². The molecule has 6 heteroatoms. The van der Waals surface area contributed by atoms with Crippen molar-refractivity contribution in [2.24, 2.45) is 5.92 Å². The van der Waals surface area contributed by atoms with Crippen LogP contribution in [0, 0.1) is 12.8 Å². The normalized spacial score (nSPS) is 19.2. The lowest BCUT2D eigenvalue weighted by atomic mass is 9.96. The van der Waals surface area contributed by atoms with Gasteiger partial charge in [-0.15, -0.1) is 11.3 Å². The Labute approximate surface area is 157 Å². The van der Waals surface area contributed by atoms with Gasteiger partial charge in [0.1, 0.15) is 5.01 Å². The average molecular weight is 372 g/mol. The van der Waals surface area contributed by atoms with E-state index in [1.807, 2.05) is 10.3 Å². The van der Waals surface area contributed by atoms with E-state index in [1.54, 1.807) is 11.3 Å². The highest BCUT2D eigenvalue weighted by Crippen LogP contribution is 2.27. The highest BCUT2D eigenvalue weighted by molar-refractivity contribution is 7.13. The van der Waals surface area contributed by atoms with E-state index >= 15 is 0 Å². The van der Waals surface area contributed by atoms with E-state index in [2.05, 4.69) is 36.2 Å². The minimum atomic E-state index is -0.0668. The third-order valence-electron chi connectivity index (χ3n) is 5.11. The number of carbonyl (C=O) groups excluding carboxylic acids is 1. The minimum absolute atomic E-state index is 0.0668. The maximum Gasteiger partial charge on any atom is 0.228 e. The molecule has 5 nitrogen and oxygen atoms in total. The molecule has 2 aliphatic heterocycles.